The van der Waals surface area contributed by atoms with Gasteiger partial charge in [-0.2, -0.15) is 0 Å². The van der Waals surface area contributed by atoms with Crippen LogP contribution in [0.5, 0.6) is 0 Å². The molecule has 0 saturated carbocycles. The van der Waals surface area contributed by atoms with Crippen LogP contribution in [0.25, 0.3) is 11.8 Å². The summed E-state index contributed by atoms with van der Waals surface area (Å²) in [6.07, 6.45) is 6.57. The average Bonchev–Trinajstić information content (AvgIpc) is 2.76. The van der Waals surface area contributed by atoms with Crippen molar-refractivity contribution in [1.29, 1.82) is 0 Å². The van der Waals surface area contributed by atoms with Gasteiger partial charge in [-0.25, -0.2) is 4.98 Å². The van der Waals surface area contributed by atoms with Gasteiger partial charge in [0.25, 0.3) is 5.56 Å². The number of allylic oxidation sites excluding steroid dienone is 1. The van der Waals surface area contributed by atoms with E-state index in [2.05, 4.69) is 16.9 Å². The smallest absolute Gasteiger partial charge is 0.293 e. The van der Waals surface area contributed by atoms with Crippen LogP contribution in [0.3, 0.4) is 0 Å². The molecular weight excluding hydrogens is 384 g/mol. The first-order valence-corrected chi connectivity index (χ1v) is 9.55. The van der Waals surface area contributed by atoms with E-state index >= 15 is 0 Å². The first kappa shape index (κ1) is 22.6. The Morgan fingerprint density at radius 2 is 2.10 bits per heavy atom. The normalized spacial score (nSPS) is 12.1. The van der Waals surface area contributed by atoms with Crippen LogP contribution in [0.15, 0.2) is 54.1 Å². The highest BCUT2D eigenvalue weighted by Crippen LogP contribution is 2.21. The lowest BCUT2D eigenvalue weighted by Crippen LogP contribution is -2.40. The topological polar surface area (TPSA) is 116 Å². The van der Waals surface area contributed by atoms with Crippen LogP contribution in [0, 0.1) is 0 Å². The van der Waals surface area contributed by atoms with Crippen molar-refractivity contribution in [2.75, 3.05) is 18.9 Å². The van der Waals surface area contributed by atoms with Crippen LogP contribution in [0.1, 0.15) is 37.4 Å². The van der Waals surface area contributed by atoms with Crippen LogP contribution in [-0.2, 0) is 14.3 Å². The zero-order valence-corrected chi connectivity index (χ0v) is 17.1. The van der Waals surface area contributed by atoms with Crippen molar-refractivity contribution in [2.24, 2.45) is 0 Å². The lowest BCUT2D eigenvalue weighted by Gasteiger charge is -2.18. The number of hydrogen-bond donors (Lipinski definition) is 2. The maximum absolute atomic E-state index is 12.5. The summed E-state index contributed by atoms with van der Waals surface area (Å²) in [5, 5.41) is 2.56. The highest BCUT2D eigenvalue weighted by Gasteiger charge is 2.21. The molecule has 8 nitrogen and oxygen atoms in total. The van der Waals surface area contributed by atoms with E-state index < -0.39 is 17.5 Å². The van der Waals surface area contributed by atoms with Crippen LogP contribution in [0.2, 0.25) is 0 Å². The summed E-state index contributed by atoms with van der Waals surface area (Å²) in [6, 6.07) is 6.75. The Labute approximate surface area is 175 Å². The van der Waals surface area contributed by atoms with Gasteiger partial charge in [-0.05, 0) is 25.0 Å². The molecule has 0 saturated heterocycles. The van der Waals surface area contributed by atoms with Crippen LogP contribution >= 0.6 is 0 Å². The molecule has 1 heterocycles. The Bertz CT molecular complexity index is 1010. The molecule has 0 spiro atoms. The predicted octanol–water partition coefficient (Wildman–Crippen LogP) is 2.18. The molecule has 0 fully saturated rings. The molecule has 30 heavy (non-hydrogen) atoms. The highest BCUT2D eigenvalue weighted by atomic mass is 16.5. The molecule has 158 valence electrons. The highest BCUT2D eigenvalue weighted by molar-refractivity contribution is 5.88. The molecule has 1 atom stereocenters. The Morgan fingerprint density at radius 3 is 2.77 bits per heavy atom. The summed E-state index contributed by atoms with van der Waals surface area (Å²) in [5.41, 5.74) is 6.69. The van der Waals surface area contributed by atoms with Gasteiger partial charge in [0.2, 0.25) is 5.91 Å². The van der Waals surface area contributed by atoms with Gasteiger partial charge in [0.15, 0.2) is 11.6 Å². The van der Waals surface area contributed by atoms with E-state index in [1.165, 1.54) is 17.0 Å². The summed E-state index contributed by atoms with van der Waals surface area (Å²) in [7, 11) is 0. The number of nitrogen functional groups attached to an aromatic ring is 1. The molecular formula is C22H26N4O4. The molecule has 2 rings (SSSR count). The Hall–Kier alpha value is -3.68. The van der Waals surface area contributed by atoms with Gasteiger partial charge in [-0.3, -0.25) is 19.0 Å². The number of aromatic nitrogens is 2. The molecule has 3 N–H and O–H groups in total. The fourth-order valence-electron chi connectivity index (χ4n) is 2.92. The molecule has 0 aliphatic carbocycles. The molecule has 0 aliphatic rings. The molecule has 2 aromatic rings. The van der Waals surface area contributed by atoms with E-state index in [0.717, 1.165) is 11.1 Å². The Kier molecular flexibility index (Phi) is 8.10. The monoisotopic (exact) mass is 410 g/mol. The predicted molar refractivity (Wildman–Crippen MR) is 116 cm³/mol. The number of benzene rings is 1. The fourth-order valence-corrected chi connectivity index (χ4v) is 2.92. The number of hydrogen-bond acceptors (Lipinski definition) is 6. The minimum atomic E-state index is -0.790. The van der Waals surface area contributed by atoms with Crippen LogP contribution in [-0.4, -0.2) is 34.4 Å². The van der Waals surface area contributed by atoms with Crippen molar-refractivity contribution >= 4 is 29.3 Å². The van der Waals surface area contributed by atoms with Crippen LogP contribution in [0.4, 0.5) is 5.82 Å². The summed E-state index contributed by atoms with van der Waals surface area (Å²) in [6.45, 7) is 6.93. The third-order valence-corrected chi connectivity index (χ3v) is 4.48. The number of nitrogens with one attached hydrogen (secondary N) is 1. The number of nitrogens with two attached hydrogens (primary N) is 1. The number of anilines is 1. The maximum Gasteiger partial charge on any atom is 0.293 e. The van der Waals surface area contributed by atoms with Crippen molar-refractivity contribution in [1.82, 2.24) is 14.9 Å². The van der Waals surface area contributed by atoms with E-state index in [9.17, 15) is 14.4 Å². The standard InChI is InChI=1S/C22H26N4O4/c1-4-15-9-7-8-10-17(15)19(6-3)30-14-16(27)13-25-21(28)18(5-2)26-12-11-24-20(23)22(26)29/h4,6-12,18H,1,5,13-14H2,2-3H3,(H2,23,24)(H,25,28)/b19-6+. The van der Waals surface area contributed by atoms with Crippen LogP contribution < -0.4 is 16.6 Å². The van der Waals surface area contributed by atoms with E-state index in [1.807, 2.05) is 31.2 Å². The van der Waals surface area contributed by atoms with Gasteiger partial charge in [0.1, 0.15) is 18.4 Å². The zero-order valence-electron chi connectivity index (χ0n) is 17.1. The number of Topliss-reactive ketones (excluding diaryl/α,β-unsaturated/α-hetero) is 1. The fraction of sp³-hybridized carbons (Fsp3) is 0.273. The zero-order chi connectivity index (χ0) is 22.1. The molecule has 1 aromatic carbocycles. The van der Waals surface area contributed by atoms with Gasteiger partial charge in [0.05, 0.1) is 6.54 Å². The number of nitrogens with zero attached hydrogens (tertiary/aromatic N) is 2. The third-order valence-electron chi connectivity index (χ3n) is 4.48. The Morgan fingerprint density at radius 1 is 1.37 bits per heavy atom. The maximum atomic E-state index is 12.5. The number of rotatable bonds is 10. The van der Waals surface area contributed by atoms with Gasteiger partial charge in [-0.1, -0.05) is 43.8 Å². The molecule has 0 radical (unpaired) electrons. The third kappa shape index (κ3) is 5.44. The van der Waals surface area contributed by atoms with Gasteiger partial charge in [0, 0.05) is 18.0 Å². The van der Waals surface area contributed by atoms with E-state index in [-0.39, 0.29) is 24.8 Å². The second-order valence-electron chi connectivity index (χ2n) is 6.44. The van der Waals surface area contributed by atoms with Crippen molar-refractivity contribution in [3.8, 4) is 0 Å². The number of ketones is 1. The van der Waals surface area contributed by atoms with Gasteiger partial charge >= 0.3 is 0 Å². The first-order valence-electron chi connectivity index (χ1n) is 9.55. The summed E-state index contributed by atoms with van der Waals surface area (Å²) in [5.74, 6) is -0.403. The second-order valence-corrected chi connectivity index (χ2v) is 6.44. The number of ether oxygens (including phenoxy) is 1. The molecule has 0 bridgehead atoms. The van der Waals surface area contributed by atoms with Crippen molar-refractivity contribution < 1.29 is 14.3 Å². The summed E-state index contributed by atoms with van der Waals surface area (Å²) >= 11 is 0. The van der Waals surface area contributed by atoms with E-state index in [4.69, 9.17) is 10.5 Å². The quantitative estimate of drug-likeness (QED) is 0.580. The largest absolute Gasteiger partial charge is 0.485 e. The van der Waals surface area contributed by atoms with Gasteiger partial charge < -0.3 is 15.8 Å². The van der Waals surface area contributed by atoms with Crippen molar-refractivity contribution in [3.63, 3.8) is 0 Å². The number of carbonyl (C=O) groups is 2. The Balaban J connectivity index is 1.96. The summed E-state index contributed by atoms with van der Waals surface area (Å²) in [4.78, 5) is 40.5. The molecule has 1 unspecified atom stereocenters. The van der Waals surface area contributed by atoms with Crippen molar-refractivity contribution in [3.05, 3.63) is 70.8 Å². The van der Waals surface area contributed by atoms with E-state index in [1.54, 1.807) is 19.1 Å². The number of amides is 1. The SMILES string of the molecule is C=Cc1ccccc1/C(=C\C)OCC(=O)CNC(=O)C(CC)n1ccnc(N)c1=O. The van der Waals surface area contributed by atoms with Crippen molar-refractivity contribution in [2.45, 2.75) is 26.3 Å². The average molecular weight is 410 g/mol. The lowest BCUT2D eigenvalue weighted by atomic mass is 10.1. The molecule has 1 amide bonds. The lowest BCUT2D eigenvalue weighted by molar-refractivity contribution is -0.128. The molecule has 8 heteroatoms. The van der Waals surface area contributed by atoms with E-state index in [0.29, 0.717) is 12.2 Å². The minimum Gasteiger partial charge on any atom is -0.485 e. The molecule has 1 aromatic heterocycles. The molecule has 0 aliphatic heterocycles. The summed E-state index contributed by atoms with van der Waals surface area (Å²) < 4.78 is 6.86. The van der Waals surface area contributed by atoms with Gasteiger partial charge in [-0.15, -0.1) is 0 Å². The number of carbonyl (C=O) groups excluding carboxylic acids is 2. The first-order chi connectivity index (χ1) is 14.4. The minimum absolute atomic E-state index is 0.188. The second kappa shape index (κ2) is 10.8.